The fraction of sp³-hybridized carbons (Fsp3) is 0.841. The van der Waals surface area contributed by atoms with Gasteiger partial charge < -0.3 is 142 Å². The first kappa shape index (κ1) is 89.2. The van der Waals surface area contributed by atoms with Crippen molar-refractivity contribution in [1.82, 2.24) is 53.2 Å². The molecule has 3 rings (SSSR count). The van der Waals surface area contributed by atoms with Crippen molar-refractivity contribution in [3.05, 3.63) is 0 Å². The molecule has 0 spiro atoms. The van der Waals surface area contributed by atoms with Crippen molar-refractivity contribution in [2.45, 2.75) is 221 Å². The molecule has 15 unspecified atom stereocenters. The van der Waals surface area contributed by atoms with Crippen LogP contribution in [0.3, 0.4) is 0 Å². The number of carbonyl (C=O) groups is 10. The fourth-order valence-electron chi connectivity index (χ4n) is 10.7. The minimum absolute atomic E-state index is 0.0854. The Bertz CT molecular complexity index is 2240. The van der Waals surface area contributed by atoms with E-state index < -0.39 is 141 Å². The summed E-state index contributed by atoms with van der Waals surface area (Å²) >= 11 is 0. The third-order valence-electron chi connectivity index (χ3n) is 16.0. The van der Waals surface area contributed by atoms with Crippen LogP contribution in [0.4, 0.5) is 0 Å². The minimum Gasteiger partial charge on any atom is -0.394 e. The van der Waals surface area contributed by atoms with E-state index in [0.717, 1.165) is 0 Å². The molecule has 0 aliphatic carbocycles. The van der Waals surface area contributed by atoms with Crippen LogP contribution in [0.15, 0.2) is 0 Å². The Balaban J connectivity index is 1.40. The first-order valence-corrected chi connectivity index (χ1v) is 34.4. The number of nitrogens with one attached hydrogen (secondary N) is 10. The van der Waals surface area contributed by atoms with Crippen LogP contribution in [-0.2, 0) is 90.6 Å². The molecule has 0 bridgehead atoms. The van der Waals surface area contributed by atoms with Gasteiger partial charge in [0.05, 0.1) is 59.5 Å². The highest BCUT2D eigenvalue weighted by atomic mass is 16.7. The fourth-order valence-corrected chi connectivity index (χ4v) is 10.7. The average Bonchev–Trinajstić information content (AvgIpc) is 0.826. The summed E-state index contributed by atoms with van der Waals surface area (Å²) in [5, 5.41) is 117. The van der Waals surface area contributed by atoms with Gasteiger partial charge in [-0.05, 0) is 57.8 Å². The Morgan fingerprint density at radius 1 is 0.327 bits per heavy atom. The van der Waals surface area contributed by atoms with Gasteiger partial charge in [-0.3, -0.25) is 47.9 Å². The van der Waals surface area contributed by atoms with Crippen molar-refractivity contribution >= 4 is 59.1 Å². The molecule has 19 N–H and O–H groups in total. The van der Waals surface area contributed by atoms with Crippen LogP contribution in [0.1, 0.15) is 124 Å². The molecule has 582 valence electrons. The van der Waals surface area contributed by atoms with Crippen LogP contribution >= 0.6 is 0 Å². The van der Waals surface area contributed by atoms with E-state index in [0.29, 0.717) is 57.8 Å². The minimum atomic E-state index is -1.45. The number of aliphatic hydroxyl groups excluding tert-OH is 9. The maximum absolute atomic E-state index is 12.8. The van der Waals surface area contributed by atoms with Crippen molar-refractivity contribution in [3.63, 3.8) is 0 Å². The van der Waals surface area contributed by atoms with Crippen LogP contribution in [0.25, 0.3) is 0 Å². The molecular weight excluding hydrogens is 1340 g/mol. The third-order valence-corrected chi connectivity index (χ3v) is 16.0. The van der Waals surface area contributed by atoms with Gasteiger partial charge in [0, 0.05) is 125 Å². The zero-order chi connectivity index (χ0) is 74.7. The van der Waals surface area contributed by atoms with Crippen molar-refractivity contribution < 1.29 is 137 Å². The zero-order valence-electron chi connectivity index (χ0n) is 58.3. The van der Waals surface area contributed by atoms with Crippen molar-refractivity contribution in [2.24, 2.45) is 0 Å². The Hall–Kier alpha value is -6.02. The van der Waals surface area contributed by atoms with Crippen LogP contribution in [0, 0.1) is 0 Å². The number of rotatable bonds is 52. The zero-order valence-corrected chi connectivity index (χ0v) is 58.3. The third kappa shape index (κ3) is 35.8. The van der Waals surface area contributed by atoms with E-state index in [1.807, 2.05) is 0 Å². The van der Waals surface area contributed by atoms with Gasteiger partial charge in [-0.1, -0.05) is 0 Å². The molecule has 3 fully saturated rings. The highest BCUT2D eigenvalue weighted by Gasteiger charge is 2.48. The molecule has 0 aromatic carbocycles. The number of carbonyl (C=O) groups excluding carboxylic acids is 10. The molecule has 3 aliphatic rings. The quantitative estimate of drug-likeness (QED) is 0.0252. The maximum Gasteiger partial charge on any atom is 0.222 e. The van der Waals surface area contributed by atoms with Crippen LogP contribution in [0.5, 0.6) is 0 Å². The summed E-state index contributed by atoms with van der Waals surface area (Å²) in [5.41, 5.74) is -1.37. The molecule has 0 aromatic heterocycles. The SMILES string of the molecule is CC(=O)NC1C(OCCCCC(=O)NCCCNC(=O)CCOCC(COCCC(=O)NCCCNC(=O)CCCCOC2OC(CO)C(O)C(O)C2NC(C)=O)(COCCC(=O)NCCCNC(=O)CCCCOC2OC(CO)C(O)C(O)C2NC(C)=O)NC(C)=O)OC(CO)C(O)C1O. The first-order chi connectivity index (χ1) is 48.2. The van der Waals surface area contributed by atoms with E-state index >= 15 is 0 Å². The summed E-state index contributed by atoms with van der Waals surface area (Å²) in [7, 11) is 0. The normalized spacial score (nSPS) is 25.5. The molecule has 0 saturated carbocycles. The number of amides is 10. The largest absolute Gasteiger partial charge is 0.394 e. The summed E-state index contributed by atoms with van der Waals surface area (Å²) in [6.07, 6.45) is -11.7. The van der Waals surface area contributed by atoms with Gasteiger partial charge in [-0.15, -0.1) is 0 Å². The summed E-state index contributed by atoms with van der Waals surface area (Å²) < 4.78 is 51.4. The average molecular weight is 1460 g/mol. The Morgan fingerprint density at radius 3 is 0.802 bits per heavy atom. The molecule has 10 amide bonds. The second-order valence-corrected chi connectivity index (χ2v) is 24.8. The molecular formula is C63H112N10O28. The van der Waals surface area contributed by atoms with Gasteiger partial charge in [-0.2, -0.15) is 0 Å². The van der Waals surface area contributed by atoms with E-state index in [-0.39, 0.29) is 173 Å². The van der Waals surface area contributed by atoms with Gasteiger partial charge in [0.15, 0.2) is 18.9 Å². The lowest BCUT2D eigenvalue weighted by molar-refractivity contribution is -0.270. The lowest BCUT2D eigenvalue weighted by atomic mass is 9.97. The molecule has 101 heavy (non-hydrogen) atoms. The van der Waals surface area contributed by atoms with Gasteiger partial charge in [0.25, 0.3) is 0 Å². The van der Waals surface area contributed by atoms with Crippen molar-refractivity contribution in [3.8, 4) is 0 Å². The van der Waals surface area contributed by atoms with Gasteiger partial charge in [-0.25, -0.2) is 0 Å². The van der Waals surface area contributed by atoms with Crippen LogP contribution in [0.2, 0.25) is 0 Å². The van der Waals surface area contributed by atoms with Gasteiger partial charge >= 0.3 is 0 Å². The highest BCUT2D eigenvalue weighted by molar-refractivity contribution is 5.78. The molecule has 38 nitrogen and oxygen atoms in total. The Kier molecular flexibility index (Phi) is 44.5. The highest BCUT2D eigenvalue weighted by Crippen LogP contribution is 2.26. The number of hydrogen-bond donors (Lipinski definition) is 19. The summed E-state index contributed by atoms with van der Waals surface area (Å²) in [6.45, 7) is 3.87. The second kappa shape index (κ2) is 50.4. The molecule has 0 aromatic rings. The van der Waals surface area contributed by atoms with Crippen molar-refractivity contribution in [2.75, 3.05) is 119 Å². The molecule has 15 atom stereocenters. The lowest BCUT2D eigenvalue weighted by Crippen LogP contribution is -2.64. The molecule has 3 heterocycles. The number of hydrogen-bond acceptors (Lipinski definition) is 28. The summed E-state index contributed by atoms with van der Waals surface area (Å²) in [6, 6.07) is -3.26. The monoisotopic (exact) mass is 1460 g/mol. The lowest BCUT2D eigenvalue weighted by Gasteiger charge is -2.42. The van der Waals surface area contributed by atoms with E-state index in [1.54, 1.807) is 0 Å². The van der Waals surface area contributed by atoms with Crippen LogP contribution < -0.4 is 53.2 Å². The molecule has 38 heteroatoms. The first-order valence-electron chi connectivity index (χ1n) is 34.4. The topological polar surface area (TPSA) is 556 Å². The molecule has 3 aliphatic heterocycles. The number of ether oxygens (including phenoxy) is 9. The molecule has 0 radical (unpaired) electrons. The van der Waals surface area contributed by atoms with E-state index in [9.17, 15) is 93.9 Å². The van der Waals surface area contributed by atoms with E-state index in [4.69, 9.17) is 42.6 Å². The van der Waals surface area contributed by atoms with Gasteiger partial charge in [0.2, 0.25) is 59.1 Å². The van der Waals surface area contributed by atoms with E-state index in [2.05, 4.69) is 53.2 Å². The van der Waals surface area contributed by atoms with Gasteiger partial charge in [0.1, 0.15) is 78.6 Å². The standard InChI is InChI=1S/C63H112N10O28/c1-38(77)70-51-57(90)54(87)42(32-74)99-60(51)96-26-8-5-14-45(81)64-20-11-23-67-48(84)17-29-93-35-63(73-41(4)80,36-94-30-18-49(85)68-24-12-21-65-46(82)15-6-9-27-97-61-52(71-39(2)78)58(91)55(88)43(33-75)100-61)37-95-31-19-50(86)69-25-13-22-66-47(83)16-7-10-28-98-62-53(72-40(3)79)59(92)56(89)44(34-76)101-62/h42-44,51-62,74-76,87-92H,5-37H2,1-4H3,(H,64,81)(H,65,82)(H,66,83)(H,67,84)(H,68,85)(H,69,86)(H,70,77)(H,71,78)(H,72,79)(H,73,80). The summed E-state index contributed by atoms with van der Waals surface area (Å²) in [5.74, 6) is -3.80. The summed E-state index contributed by atoms with van der Waals surface area (Å²) in [4.78, 5) is 124. The predicted octanol–water partition coefficient (Wildman–Crippen LogP) is -7.66. The maximum atomic E-state index is 12.8. The predicted molar refractivity (Wildman–Crippen MR) is 350 cm³/mol. The van der Waals surface area contributed by atoms with Crippen molar-refractivity contribution in [1.29, 1.82) is 0 Å². The van der Waals surface area contributed by atoms with E-state index in [1.165, 1.54) is 27.7 Å². The Labute approximate surface area is 587 Å². The number of unbranched alkanes of at least 4 members (excludes halogenated alkanes) is 3. The second-order valence-electron chi connectivity index (χ2n) is 24.8. The Morgan fingerprint density at radius 2 is 0.574 bits per heavy atom. The number of aliphatic hydroxyl groups is 9. The molecule has 3 saturated heterocycles. The smallest absolute Gasteiger partial charge is 0.222 e. The van der Waals surface area contributed by atoms with Crippen LogP contribution in [-0.4, -0.2) is 321 Å².